The largest absolute Gasteiger partial charge is 3.00 e. The molecule has 8 nitrogen and oxygen atoms in total. The molecule has 4 aliphatic heterocycles. The molecule has 0 atom stereocenters. The first-order valence-electron chi connectivity index (χ1n) is 30.1. The van der Waals surface area contributed by atoms with E-state index >= 15 is 0 Å². The van der Waals surface area contributed by atoms with Crippen LogP contribution in [0.2, 0.25) is 0 Å². The van der Waals surface area contributed by atoms with E-state index in [0.717, 1.165) is 75.1 Å². The zero-order chi connectivity index (χ0) is 58.8. The number of ether oxygens (including phenoxy) is 4. The minimum absolute atomic E-state index is 0. The molecular weight excluding hydrogens is 1040 g/mol. The van der Waals surface area contributed by atoms with Gasteiger partial charge in [-0.2, -0.15) is 21.9 Å². The molecule has 10 rings (SSSR count). The van der Waals surface area contributed by atoms with Gasteiger partial charge in [-0.3, -0.25) is 9.98 Å². The summed E-state index contributed by atoms with van der Waals surface area (Å²) in [4.78, 5) is 9.00. The van der Waals surface area contributed by atoms with Gasteiger partial charge in [0.2, 0.25) is 0 Å². The molecule has 4 saturated heterocycles. The molecule has 0 saturated carbocycles. The van der Waals surface area contributed by atoms with Gasteiger partial charge in [-0.1, -0.05) is 240 Å². The van der Waals surface area contributed by atoms with E-state index in [2.05, 4.69) is 214 Å². The van der Waals surface area contributed by atoms with Crippen LogP contribution in [0.15, 0.2) is 156 Å². The summed E-state index contributed by atoms with van der Waals surface area (Å²) in [5.74, 6) is 0.0694. The van der Waals surface area contributed by atoms with Gasteiger partial charge in [-0.25, -0.2) is 0 Å². The van der Waals surface area contributed by atoms with Crippen LogP contribution in [-0.4, -0.2) is 84.5 Å². The Hall–Kier alpha value is -4.96. The second-order valence-electron chi connectivity index (χ2n) is 25.7. The second-order valence-corrected chi connectivity index (χ2v) is 25.7. The van der Waals surface area contributed by atoms with Crippen LogP contribution in [0.4, 0.5) is 0 Å². The van der Waals surface area contributed by atoms with Gasteiger partial charge in [-0.05, 0) is 106 Å². The summed E-state index contributed by atoms with van der Waals surface area (Å²) in [5.41, 5.74) is 9.85. The quantitative estimate of drug-likeness (QED) is 0.0811. The van der Waals surface area contributed by atoms with Crippen molar-refractivity contribution in [3.63, 3.8) is 0 Å². The number of nitrogens with zero attached hydrogens (tertiary/aromatic N) is 2. The van der Waals surface area contributed by atoms with Crippen molar-refractivity contribution in [3.05, 3.63) is 179 Å². The molecule has 4 heterocycles. The Balaban J connectivity index is 0.000000264. The van der Waals surface area contributed by atoms with Crippen molar-refractivity contribution in [2.24, 2.45) is 9.98 Å². The van der Waals surface area contributed by atoms with Gasteiger partial charge in [0.1, 0.15) is 6.15 Å². The van der Waals surface area contributed by atoms with E-state index < -0.39 is 6.15 Å². The van der Waals surface area contributed by atoms with E-state index in [4.69, 9.17) is 18.9 Å². The van der Waals surface area contributed by atoms with Crippen molar-refractivity contribution >= 4 is 40.4 Å². The molecule has 10 heteroatoms. The average Bonchev–Trinajstić information content (AvgIpc) is 3.94. The average molecular weight is 1140 g/mol. The molecule has 4 aliphatic rings. The fourth-order valence-corrected chi connectivity index (χ4v) is 10.1. The van der Waals surface area contributed by atoms with E-state index in [1.165, 1.54) is 73.2 Å². The molecule has 0 aliphatic carbocycles. The Kier molecular flexibility index (Phi) is 29.4. The topological polar surface area (TPSA) is 108 Å². The van der Waals surface area contributed by atoms with Crippen LogP contribution in [0.3, 0.4) is 0 Å². The summed E-state index contributed by atoms with van der Waals surface area (Å²) in [5, 5.41) is 26.2. The minimum Gasteiger partial charge on any atom is -0.872 e. The van der Waals surface area contributed by atoms with Gasteiger partial charge in [-0.15, -0.1) is 0 Å². The molecule has 0 spiro atoms. The summed E-state index contributed by atoms with van der Waals surface area (Å²) in [6.07, 6.45) is 12.4. The van der Waals surface area contributed by atoms with Crippen LogP contribution in [0.1, 0.15) is 168 Å². The van der Waals surface area contributed by atoms with Gasteiger partial charge in [0.15, 0.2) is 0 Å². The van der Waals surface area contributed by atoms with Crippen molar-refractivity contribution in [2.75, 3.05) is 65.9 Å². The van der Waals surface area contributed by atoms with Gasteiger partial charge in [0, 0.05) is 65.3 Å². The summed E-state index contributed by atoms with van der Waals surface area (Å²) in [6, 6.07) is 51.5. The van der Waals surface area contributed by atoms with Gasteiger partial charge >= 0.3 is 25.8 Å². The number of benzene rings is 6. The van der Waals surface area contributed by atoms with Gasteiger partial charge in [0.25, 0.3) is 0 Å². The van der Waals surface area contributed by atoms with Gasteiger partial charge < -0.3 is 29.2 Å². The van der Waals surface area contributed by atoms with Crippen molar-refractivity contribution < 1.29 is 55.0 Å². The Labute approximate surface area is 514 Å². The molecule has 82 heavy (non-hydrogen) atoms. The first-order chi connectivity index (χ1) is 38.6. The molecule has 0 bridgehead atoms. The van der Waals surface area contributed by atoms with Gasteiger partial charge in [0.05, 0.1) is 13.1 Å². The van der Waals surface area contributed by atoms with Crippen molar-refractivity contribution in [1.29, 1.82) is 0 Å². The van der Waals surface area contributed by atoms with Crippen LogP contribution in [0, 0.1) is 0 Å². The zero-order valence-electron chi connectivity index (χ0n) is 52.2. The Morgan fingerprint density at radius 1 is 0.366 bits per heavy atom. The van der Waals surface area contributed by atoms with Crippen molar-refractivity contribution in [2.45, 2.75) is 156 Å². The predicted octanol–water partition coefficient (Wildman–Crippen LogP) is 12.8. The third-order valence-corrected chi connectivity index (χ3v) is 14.9. The van der Waals surface area contributed by atoms with Crippen LogP contribution in [0.5, 0.6) is 11.5 Å². The molecular formula is C72H98BN2O6Sc. The molecule has 0 aromatic heterocycles. The molecule has 6 aromatic rings. The van der Waals surface area contributed by atoms with Crippen LogP contribution < -0.4 is 32.1 Å². The monoisotopic (exact) mass is 1140 g/mol. The third-order valence-electron chi connectivity index (χ3n) is 14.9. The SMILES string of the molecule is C1CCOC1.C1CCOC1.C1CCOC1.C1CCOC1.CC(C)(C)c1cc(C=NCCN=Cc2cc(C(C)(C)C)cc(C(C)(C)C)c2[O-])c([O-])c(C(C)(C)C)c1.[Sc+3].c1ccc([B-](c2ccccc2)(c2ccccc2)c2ccccc2)cc1. The number of rotatable bonds is 9. The van der Waals surface area contributed by atoms with Crippen molar-refractivity contribution in [3.8, 4) is 11.5 Å². The maximum Gasteiger partial charge on any atom is 3.00 e. The van der Waals surface area contributed by atoms with Crippen LogP contribution in [-0.2, 0) is 66.5 Å². The minimum atomic E-state index is -1.22. The van der Waals surface area contributed by atoms with E-state index in [0.29, 0.717) is 24.2 Å². The van der Waals surface area contributed by atoms with E-state index in [1.807, 2.05) is 24.3 Å². The number of aliphatic imine (C=N–C) groups is 2. The summed E-state index contributed by atoms with van der Waals surface area (Å²) in [7, 11) is 0. The molecule has 438 valence electrons. The summed E-state index contributed by atoms with van der Waals surface area (Å²) in [6.45, 7) is 34.2. The molecule has 0 unspecified atom stereocenters. The first-order valence-corrected chi connectivity index (χ1v) is 30.1. The third kappa shape index (κ3) is 22.2. The summed E-state index contributed by atoms with van der Waals surface area (Å²) >= 11 is 0. The fraction of sp³-hybridized carbons (Fsp3) is 0.472. The predicted molar refractivity (Wildman–Crippen MR) is 342 cm³/mol. The molecule has 6 aromatic carbocycles. The molecule has 4 fully saturated rings. The maximum atomic E-state index is 13.1. The second kappa shape index (κ2) is 34.7. The Bertz CT molecular complexity index is 2440. The standard InChI is InChI=1S/C32H48N2O2.C24H20B.4C4H8O.Sc/c1-29(2,3)23-15-21(27(35)25(17-23)31(7,8)9)19-33-13-14-34-20-22-16-24(30(4,5)6)18-26(28(22)36)32(10,11)12;1-5-13-21(14-6-1)25(22-15-7-2-8-16-22,23-17-9-3-10-18-23)24-19-11-4-12-20-24;4*1-2-4-5-3-1;/h15-20,35-36H,13-14H2,1-12H3;1-20H;4*1-4H2;/q;-1;;;;;+3/p-2. The van der Waals surface area contributed by atoms with E-state index in [9.17, 15) is 10.2 Å². The first kappa shape index (κ1) is 69.5. The normalized spacial score (nSPS) is 15.3. The summed E-state index contributed by atoms with van der Waals surface area (Å²) < 4.78 is 19.8. The molecule has 0 N–H and O–H groups in total. The van der Waals surface area contributed by atoms with E-state index in [1.54, 1.807) is 12.4 Å². The number of hydrogen-bond donors (Lipinski definition) is 0. The van der Waals surface area contributed by atoms with Crippen molar-refractivity contribution in [1.82, 2.24) is 0 Å². The smallest absolute Gasteiger partial charge is 0.872 e. The van der Waals surface area contributed by atoms with Crippen LogP contribution >= 0.6 is 0 Å². The molecule has 0 amide bonds. The van der Waals surface area contributed by atoms with E-state index in [-0.39, 0.29) is 59.0 Å². The molecule has 0 radical (unpaired) electrons. The number of hydrogen-bond acceptors (Lipinski definition) is 8. The van der Waals surface area contributed by atoms with Crippen LogP contribution in [0.25, 0.3) is 0 Å². The fourth-order valence-electron chi connectivity index (χ4n) is 10.1. The Morgan fingerprint density at radius 2 is 0.598 bits per heavy atom. The maximum absolute atomic E-state index is 13.1. The zero-order valence-corrected chi connectivity index (χ0v) is 54.0. The Morgan fingerprint density at radius 3 is 0.780 bits per heavy atom.